The van der Waals surface area contributed by atoms with Gasteiger partial charge in [0.15, 0.2) is 5.96 Å². The molecule has 0 atom stereocenters. The Hall–Kier alpha value is -4.05. The number of benzene rings is 2. The number of hydrogen-bond donors (Lipinski definition) is 3. The van der Waals surface area contributed by atoms with Crippen molar-refractivity contribution >= 4 is 35.2 Å². The fraction of sp³-hybridized carbons (Fsp3) is 0.217. The van der Waals surface area contributed by atoms with Gasteiger partial charge in [-0.1, -0.05) is 16.8 Å². The molecule has 1 heterocycles. The summed E-state index contributed by atoms with van der Waals surface area (Å²) in [6.45, 7) is 3.77. The molecule has 3 rings (SSSR count). The molecule has 2 amide bonds. The van der Waals surface area contributed by atoms with Gasteiger partial charge in [-0.3, -0.25) is 10.1 Å². The average molecular weight is 486 g/mol. The van der Waals surface area contributed by atoms with E-state index in [1.807, 2.05) is 0 Å². The number of methoxy groups -OCH3 is 1. The molecular formula is C23H24ClN5O5. The Kier molecular flexibility index (Phi) is 8.10. The van der Waals surface area contributed by atoms with Crippen molar-refractivity contribution in [2.24, 2.45) is 10.7 Å². The number of nitrogens with zero attached hydrogens (tertiary/aromatic N) is 2. The molecule has 34 heavy (non-hydrogen) atoms. The zero-order valence-electron chi connectivity index (χ0n) is 18.8. The van der Waals surface area contributed by atoms with E-state index in [4.69, 9.17) is 31.3 Å². The first-order valence-corrected chi connectivity index (χ1v) is 10.6. The second kappa shape index (κ2) is 11.2. The summed E-state index contributed by atoms with van der Waals surface area (Å²) in [5.74, 6) is 0.276. The van der Waals surface area contributed by atoms with E-state index in [-0.39, 0.29) is 24.7 Å². The van der Waals surface area contributed by atoms with Crippen molar-refractivity contribution < 1.29 is 23.6 Å². The minimum Gasteiger partial charge on any atom is -0.497 e. The Morgan fingerprint density at radius 3 is 2.62 bits per heavy atom. The molecule has 0 aliphatic carbocycles. The smallest absolute Gasteiger partial charge is 0.411 e. The number of aromatic nitrogens is 1. The van der Waals surface area contributed by atoms with Gasteiger partial charge in [0, 0.05) is 22.8 Å². The van der Waals surface area contributed by atoms with Crippen LogP contribution in [0.15, 0.2) is 52.0 Å². The highest BCUT2D eigenvalue weighted by molar-refractivity contribution is 6.31. The van der Waals surface area contributed by atoms with Crippen molar-refractivity contribution in [1.82, 2.24) is 10.5 Å². The Bertz CT molecular complexity index is 1210. The second-order valence-corrected chi connectivity index (χ2v) is 7.48. The number of halogens is 1. The van der Waals surface area contributed by atoms with Gasteiger partial charge in [-0.25, -0.2) is 4.79 Å². The summed E-state index contributed by atoms with van der Waals surface area (Å²) in [5.41, 5.74) is 8.32. The summed E-state index contributed by atoms with van der Waals surface area (Å²) in [7, 11) is 1.57. The predicted octanol–water partition coefficient (Wildman–Crippen LogP) is 4.13. The number of rotatable bonds is 7. The summed E-state index contributed by atoms with van der Waals surface area (Å²) < 4.78 is 15.2. The van der Waals surface area contributed by atoms with Crippen LogP contribution in [-0.2, 0) is 11.3 Å². The molecule has 4 N–H and O–H groups in total. The van der Waals surface area contributed by atoms with E-state index in [0.29, 0.717) is 39.0 Å². The Morgan fingerprint density at radius 1 is 1.21 bits per heavy atom. The van der Waals surface area contributed by atoms with Gasteiger partial charge >= 0.3 is 6.09 Å². The molecule has 0 aliphatic heterocycles. The standard InChI is InChI=1S/C23H24ClN5O5/c1-4-33-23(31)27-17-10-14(9-16(24)11-17)12-26-22(25)28-21(30)19-13(2)34-29-20(19)15-5-7-18(32-3)8-6-15/h5-11H,4,12H2,1-3H3,(H,27,31)(H3,25,26,28,30). The van der Waals surface area contributed by atoms with Gasteiger partial charge in [-0.2, -0.15) is 4.99 Å². The zero-order valence-corrected chi connectivity index (χ0v) is 19.6. The number of carbonyl (C=O) groups is 2. The van der Waals surface area contributed by atoms with E-state index in [9.17, 15) is 9.59 Å². The molecule has 178 valence electrons. The SMILES string of the molecule is CCOC(=O)Nc1cc(Cl)cc(CN/C(N)=N/C(=O)c2c(-c3ccc(OC)cc3)noc2C)c1. The molecule has 1 aromatic heterocycles. The molecule has 0 fully saturated rings. The fourth-order valence-corrected chi connectivity index (χ4v) is 3.33. The third kappa shape index (κ3) is 6.26. The molecule has 0 unspecified atom stereocenters. The zero-order chi connectivity index (χ0) is 24.7. The quantitative estimate of drug-likeness (QED) is 0.335. The topological polar surface area (TPSA) is 141 Å². The number of nitrogens with two attached hydrogens (primary N) is 1. The van der Waals surface area contributed by atoms with Crippen molar-refractivity contribution in [2.45, 2.75) is 20.4 Å². The van der Waals surface area contributed by atoms with Crippen LogP contribution in [0.1, 0.15) is 28.6 Å². The number of amides is 2. The van der Waals surface area contributed by atoms with Crippen molar-refractivity contribution in [3.63, 3.8) is 0 Å². The van der Waals surface area contributed by atoms with E-state index in [0.717, 1.165) is 0 Å². The van der Waals surface area contributed by atoms with Gasteiger partial charge in [0.05, 0.1) is 13.7 Å². The molecule has 0 saturated heterocycles. The first kappa shape index (κ1) is 24.6. The minimum absolute atomic E-state index is 0.105. The first-order chi connectivity index (χ1) is 16.3. The van der Waals surface area contributed by atoms with Crippen LogP contribution in [0, 0.1) is 6.92 Å². The van der Waals surface area contributed by atoms with Gasteiger partial charge < -0.3 is 25.0 Å². The number of aliphatic imine (C=N–C) groups is 1. The first-order valence-electron chi connectivity index (χ1n) is 10.3. The fourth-order valence-electron chi connectivity index (χ4n) is 3.08. The van der Waals surface area contributed by atoms with Crippen molar-refractivity contribution in [2.75, 3.05) is 19.0 Å². The van der Waals surface area contributed by atoms with Gasteiger partial charge in [-0.15, -0.1) is 0 Å². The van der Waals surface area contributed by atoms with Gasteiger partial charge in [-0.05, 0) is 61.9 Å². The molecular weight excluding hydrogens is 462 g/mol. The van der Waals surface area contributed by atoms with Gasteiger partial charge in [0.1, 0.15) is 22.8 Å². The Morgan fingerprint density at radius 2 is 1.94 bits per heavy atom. The third-order valence-electron chi connectivity index (χ3n) is 4.62. The number of carbonyl (C=O) groups excluding carboxylic acids is 2. The van der Waals surface area contributed by atoms with Crippen LogP contribution < -0.4 is 21.1 Å². The molecule has 2 aromatic carbocycles. The van der Waals surface area contributed by atoms with E-state index in [1.165, 1.54) is 0 Å². The van der Waals surface area contributed by atoms with E-state index < -0.39 is 12.0 Å². The van der Waals surface area contributed by atoms with Crippen molar-refractivity contribution in [1.29, 1.82) is 0 Å². The van der Waals surface area contributed by atoms with Gasteiger partial charge in [0.2, 0.25) is 0 Å². The maximum atomic E-state index is 12.8. The lowest BCUT2D eigenvalue weighted by atomic mass is 10.1. The van der Waals surface area contributed by atoms with Crippen LogP contribution in [0.3, 0.4) is 0 Å². The third-order valence-corrected chi connectivity index (χ3v) is 4.83. The van der Waals surface area contributed by atoms with Crippen LogP contribution in [0.5, 0.6) is 5.75 Å². The largest absolute Gasteiger partial charge is 0.497 e. The molecule has 3 aromatic rings. The van der Waals surface area contributed by atoms with Crippen LogP contribution in [0.4, 0.5) is 10.5 Å². The lowest BCUT2D eigenvalue weighted by Crippen LogP contribution is -2.32. The highest BCUT2D eigenvalue weighted by atomic mass is 35.5. The maximum absolute atomic E-state index is 12.8. The van der Waals surface area contributed by atoms with Crippen molar-refractivity contribution in [3.8, 4) is 17.0 Å². The summed E-state index contributed by atoms with van der Waals surface area (Å²) in [6, 6.07) is 12.0. The van der Waals surface area contributed by atoms with Gasteiger partial charge in [0.25, 0.3) is 5.91 Å². The average Bonchev–Trinajstić information content (AvgIpc) is 3.19. The summed E-state index contributed by atoms with van der Waals surface area (Å²) in [5, 5.41) is 9.84. The monoisotopic (exact) mass is 485 g/mol. The number of hydrogen-bond acceptors (Lipinski definition) is 6. The van der Waals surface area contributed by atoms with Crippen LogP contribution in [0.25, 0.3) is 11.3 Å². The van der Waals surface area contributed by atoms with Crippen LogP contribution in [-0.4, -0.2) is 36.8 Å². The highest BCUT2D eigenvalue weighted by Gasteiger charge is 2.21. The summed E-state index contributed by atoms with van der Waals surface area (Å²) >= 11 is 6.13. The number of aryl methyl sites for hydroxylation is 1. The lowest BCUT2D eigenvalue weighted by Gasteiger charge is -2.10. The minimum atomic E-state index is -0.606. The Balaban J connectivity index is 1.72. The molecule has 10 nitrogen and oxygen atoms in total. The Labute approximate surface area is 201 Å². The lowest BCUT2D eigenvalue weighted by molar-refractivity contribution is 0.100. The summed E-state index contributed by atoms with van der Waals surface area (Å²) in [6.07, 6.45) is -0.591. The van der Waals surface area contributed by atoms with E-state index in [1.54, 1.807) is 63.4 Å². The molecule has 0 bridgehead atoms. The highest BCUT2D eigenvalue weighted by Crippen LogP contribution is 2.27. The number of guanidine groups is 1. The molecule has 0 spiro atoms. The number of anilines is 1. The van der Waals surface area contributed by atoms with E-state index >= 15 is 0 Å². The normalized spacial score (nSPS) is 11.1. The predicted molar refractivity (Wildman–Crippen MR) is 128 cm³/mol. The number of ether oxygens (including phenoxy) is 2. The number of nitrogens with one attached hydrogen (secondary N) is 2. The van der Waals surface area contributed by atoms with Crippen LogP contribution in [0.2, 0.25) is 5.02 Å². The molecule has 0 aliphatic rings. The second-order valence-electron chi connectivity index (χ2n) is 7.04. The molecule has 0 saturated carbocycles. The molecule has 11 heteroatoms. The van der Waals surface area contributed by atoms with Crippen molar-refractivity contribution in [3.05, 3.63) is 64.4 Å². The maximum Gasteiger partial charge on any atom is 0.411 e. The molecule has 0 radical (unpaired) electrons. The summed E-state index contributed by atoms with van der Waals surface area (Å²) in [4.78, 5) is 28.4. The van der Waals surface area contributed by atoms with Crippen LogP contribution >= 0.6 is 11.6 Å². The van der Waals surface area contributed by atoms with E-state index in [2.05, 4.69) is 20.8 Å².